The highest BCUT2D eigenvalue weighted by Gasteiger charge is 2.73. The van der Waals surface area contributed by atoms with E-state index in [1.165, 1.54) is 20.8 Å². The van der Waals surface area contributed by atoms with Crippen molar-refractivity contribution in [1.29, 1.82) is 0 Å². The number of carbonyl (C=O) groups excluding carboxylic acids is 3. The number of epoxide rings is 1. The van der Waals surface area contributed by atoms with E-state index in [9.17, 15) is 14.4 Å². The molecule has 2 heterocycles. The van der Waals surface area contributed by atoms with Crippen molar-refractivity contribution in [3.8, 4) is 0 Å². The van der Waals surface area contributed by atoms with E-state index in [0.29, 0.717) is 19.1 Å². The molecule has 29 heavy (non-hydrogen) atoms. The van der Waals surface area contributed by atoms with Gasteiger partial charge in [0.15, 0.2) is 0 Å². The molecule has 2 aliphatic carbocycles. The van der Waals surface area contributed by atoms with Gasteiger partial charge >= 0.3 is 17.9 Å². The molecule has 0 aromatic rings. The maximum Gasteiger partial charge on any atom is 0.305 e. The van der Waals surface area contributed by atoms with Crippen LogP contribution in [0.4, 0.5) is 0 Å². The molecule has 3 fully saturated rings. The number of ether oxygens (including phenoxy) is 5. The number of carbonyl (C=O) groups is 3. The molecule has 2 saturated carbocycles. The van der Waals surface area contributed by atoms with Crippen molar-refractivity contribution in [1.82, 2.24) is 0 Å². The van der Waals surface area contributed by atoms with Gasteiger partial charge in [-0.05, 0) is 24.7 Å². The Hall–Kier alpha value is -2.09. The average Bonchev–Trinajstić information content (AvgIpc) is 3.53. The maximum atomic E-state index is 11.7. The summed E-state index contributed by atoms with van der Waals surface area (Å²) in [4.78, 5) is 34.5. The van der Waals surface area contributed by atoms with Crippen molar-refractivity contribution in [3.05, 3.63) is 11.8 Å². The highest BCUT2D eigenvalue weighted by atomic mass is 16.7. The van der Waals surface area contributed by atoms with Crippen molar-refractivity contribution in [2.75, 3.05) is 19.8 Å². The zero-order valence-electron chi connectivity index (χ0n) is 17.3. The topological polar surface area (TPSA) is 101 Å². The number of esters is 3. The predicted octanol–water partition coefficient (Wildman–Crippen LogP) is 1.96. The van der Waals surface area contributed by atoms with Crippen molar-refractivity contribution >= 4 is 17.9 Å². The molecule has 4 aliphatic rings. The van der Waals surface area contributed by atoms with Gasteiger partial charge in [0.25, 0.3) is 0 Å². The molecule has 0 aromatic heterocycles. The highest BCUT2D eigenvalue weighted by molar-refractivity contribution is 5.67. The molecule has 1 spiro atoms. The highest BCUT2D eigenvalue weighted by Crippen LogP contribution is 2.72. The van der Waals surface area contributed by atoms with Gasteiger partial charge in [-0.3, -0.25) is 14.4 Å². The molecule has 8 heteroatoms. The molecule has 7 atom stereocenters. The number of hydrogen-bond acceptors (Lipinski definition) is 8. The first-order valence-electron chi connectivity index (χ1n) is 10.1. The first-order valence-corrected chi connectivity index (χ1v) is 10.1. The minimum Gasteiger partial charge on any atom is -0.465 e. The van der Waals surface area contributed by atoms with Crippen LogP contribution in [0.5, 0.6) is 0 Å². The van der Waals surface area contributed by atoms with E-state index in [2.05, 4.69) is 6.92 Å². The molecule has 0 bridgehead atoms. The van der Waals surface area contributed by atoms with Crippen LogP contribution >= 0.6 is 0 Å². The fourth-order valence-corrected chi connectivity index (χ4v) is 5.65. The molecular formula is C21H28O8. The van der Waals surface area contributed by atoms with Gasteiger partial charge < -0.3 is 23.7 Å². The van der Waals surface area contributed by atoms with E-state index in [4.69, 9.17) is 23.7 Å². The molecule has 1 saturated heterocycles. The Morgan fingerprint density at radius 2 is 1.79 bits per heavy atom. The Balaban J connectivity index is 1.67. The fourth-order valence-electron chi connectivity index (χ4n) is 5.65. The Labute approximate surface area is 169 Å². The van der Waals surface area contributed by atoms with Crippen LogP contribution in [-0.4, -0.2) is 49.6 Å². The second-order valence-electron chi connectivity index (χ2n) is 8.95. The zero-order valence-corrected chi connectivity index (χ0v) is 17.3. The summed E-state index contributed by atoms with van der Waals surface area (Å²) in [7, 11) is 0. The molecule has 0 aromatic carbocycles. The third kappa shape index (κ3) is 3.52. The second-order valence-corrected chi connectivity index (χ2v) is 8.95. The molecule has 8 nitrogen and oxygen atoms in total. The lowest BCUT2D eigenvalue weighted by Crippen LogP contribution is -2.47. The minimum absolute atomic E-state index is 0.0528. The second kappa shape index (κ2) is 7.00. The number of fused-ring (bicyclic) bond motifs is 4. The lowest BCUT2D eigenvalue weighted by Gasteiger charge is -2.40. The van der Waals surface area contributed by atoms with Gasteiger partial charge in [-0.1, -0.05) is 6.92 Å². The van der Waals surface area contributed by atoms with Gasteiger partial charge in [-0.25, -0.2) is 0 Å². The third-order valence-electron chi connectivity index (χ3n) is 7.09. The summed E-state index contributed by atoms with van der Waals surface area (Å²) < 4.78 is 27.9. The summed E-state index contributed by atoms with van der Waals surface area (Å²) >= 11 is 0. The average molecular weight is 408 g/mol. The minimum atomic E-state index is -0.751. The largest absolute Gasteiger partial charge is 0.465 e. The van der Waals surface area contributed by atoms with E-state index in [-0.39, 0.29) is 41.7 Å². The van der Waals surface area contributed by atoms with Crippen LogP contribution in [0.25, 0.3) is 0 Å². The first-order chi connectivity index (χ1) is 13.7. The number of hydrogen-bond donors (Lipinski definition) is 0. The van der Waals surface area contributed by atoms with Gasteiger partial charge in [0.05, 0.1) is 25.4 Å². The van der Waals surface area contributed by atoms with Crippen LogP contribution in [0.3, 0.4) is 0 Å². The zero-order chi connectivity index (χ0) is 21.0. The van der Waals surface area contributed by atoms with Crippen LogP contribution in [0.1, 0.15) is 40.5 Å². The van der Waals surface area contributed by atoms with E-state index < -0.39 is 17.9 Å². The lowest BCUT2D eigenvalue weighted by molar-refractivity contribution is -0.193. The first kappa shape index (κ1) is 20.2. The van der Waals surface area contributed by atoms with Gasteiger partial charge in [0.2, 0.25) is 6.29 Å². The summed E-state index contributed by atoms with van der Waals surface area (Å²) in [5.74, 6) is -0.800. The quantitative estimate of drug-likeness (QED) is 0.387. The van der Waals surface area contributed by atoms with Crippen LogP contribution in [0.15, 0.2) is 11.8 Å². The van der Waals surface area contributed by atoms with Crippen LogP contribution in [0, 0.1) is 29.1 Å². The van der Waals surface area contributed by atoms with Gasteiger partial charge in [-0.2, -0.15) is 0 Å². The summed E-state index contributed by atoms with van der Waals surface area (Å²) in [6.07, 6.45) is 2.58. The van der Waals surface area contributed by atoms with Crippen LogP contribution in [0.2, 0.25) is 0 Å². The Morgan fingerprint density at radius 3 is 2.38 bits per heavy atom. The number of rotatable bonds is 5. The maximum absolute atomic E-state index is 11.7. The third-order valence-corrected chi connectivity index (χ3v) is 7.09. The summed E-state index contributed by atoms with van der Waals surface area (Å²) in [5, 5.41) is 0. The van der Waals surface area contributed by atoms with Crippen LogP contribution in [-0.2, 0) is 38.1 Å². The summed E-state index contributed by atoms with van der Waals surface area (Å²) in [6, 6.07) is 0. The van der Waals surface area contributed by atoms with Crippen molar-refractivity contribution in [3.63, 3.8) is 0 Å². The molecule has 0 radical (unpaired) electrons. The Kier molecular flexibility index (Phi) is 4.88. The van der Waals surface area contributed by atoms with Crippen molar-refractivity contribution < 1.29 is 38.1 Å². The molecule has 4 rings (SSSR count). The van der Waals surface area contributed by atoms with E-state index in [1.807, 2.05) is 0 Å². The van der Waals surface area contributed by atoms with E-state index >= 15 is 0 Å². The van der Waals surface area contributed by atoms with Gasteiger partial charge in [-0.15, -0.1) is 0 Å². The van der Waals surface area contributed by atoms with E-state index in [1.54, 1.807) is 6.26 Å². The van der Waals surface area contributed by atoms with Crippen molar-refractivity contribution in [2.24, 2.45) is 29.1 Å². The molecule has 2 aliphatic heterocycles. The summed E-state index contributed by atoms with van der Waals surface area (Å²) in [5.41, 5.74) is 0.279. The predicted molar refractivity (Wildman–Crippen MR) is 98.0 cm³/mol. The molecule has 0 unspecified atom stereocenters. The smallest absolute Gasteiger partial charge is 0.305 e. The standard InChI is InChI=1S/C21H28O8/c1-11(22)25-7-14-8-26-19(29-13(3)24)18-16(14)17-15(5-6-21(18)10-28-21)20(17,4)9-27-12(2)23/h8,15-19H,5-7,9-10H2,1-4H3/t15-,16-,17+,18+,19-,20-,21-/m1/s1. The monoisotopic (exact) mass is 408 g/mol. The Morgan fingerprint density at radius 1 is 1.10 bits per heavy atom. The van der Waals surface area contributed by atoms with E-state index in [0.717, 1.165) is 18.4 Å². The van der Waals surface area contributed by atoms with Crippen LogP contribution < -0.4 is 0 Å². The van der Waals surface area contributed by atoms with Gasteiger partial charge in [0, 0.05) is 37.7 Å². The molecule has 0 amide bonds. The Bertz CT molecular complexity index is 754. The normalized spacial score (nSPS) is 41.7. The summed E-state index contributed by atoms with van der Waals surface area (Å²) in [6.45, 7) is 7.32. The van der Waals surface area contributed by atoms with Crippen molar-refractivity contribution in [2.45, 2.75) is 52.4 Å². The van der Waals surface area contributed by atoms with Gasteiger partial charge in [0.1, 0.15) is 12.2 Å². The molecule has 160 valence electrons. The fraction of sp³-hybridized carbons (Fsp3) is 0.762. The molecular weight excluding hydrogens is 380 g/mol. The molecule has 0 N–H and O–H groups in total. The SMILES string of the molecule is CC(=O)OCC1=CO[C@H](OC(C)=O)[C@@H]2[C@H]1[C@@H]1[C@@H](CC[C@@]23CO3)[C@@]1(C)COC(C)=O. The lowest BCUT2D eigenvalue weighted by atomic mass is 9.71.